The van der Waals surface area contributed by atoms with E-state index in [1.807, 2.05) is 0 Å². The standard InChI is InChI=1S/C9H15BF3O2/c1-6(5-8(3,4)14)15-10-7(2)9(11,12)13/h6,14H,2,5H2,1,3-4H3/p+1. The Labute approximate surface area is 88.4 Å². The highest BCUT2D eigenvalue weighted by Crippen LogP contribution is 2.23. The largest absolute Gasteiger partial charge is 0.441 e. The van der Waals surface area contributed by atoms with Crippen LogP contribution in [0.25, 0.3) is 0 Å². The molecule has 0 fully saturated rings. The molecular formula is C9H16BF3O2+. The zero-order chi connectivity index (χ0) is 12.3. The highest BCUT2D eigenvalue weighted by atomic mass is 19.4. The molecule has 87 valence electrons. The summed E-state index contributed by atoms with van der Waals surface area (Å²) in [5.41, 5.74) is -1.73. The fraction of sp³-hybridized carbons (Fsp3) is 0.778. The number of allylic oxidation sites excluding steroid dienone is 1. The van der Waals surface area contributed by atoms with Crippen LogP contribution in [-0.4, -0.2) is 30.5 Å². The van der Waals surface area contributed by atoms with Gasteiger partial charge in [-0.3, -0.25) is 0 Å². The predicted octanol–water partition coefficient (Wildman–Crippen LogP) is 1.98. The van der Waals surface area contributed by atoms with Gasteiger partial charge in [-0.2, -0.15) is 13.2 Å². The maximum atomic E-state index is 12.0. The minimum absolute atomic E-state index is 0.356. The average Bonchev–Trinajstić information content (AvgIpc) is 1.94. The zero-order valence-electron chi connectivity index (χ0n) is 9.11. The first-order valence-electron chi connectivity index (χ1n) is 4.52. The van der Waals surface area contributed by atoms with Crippen LogP contribution in [0.1, 0.15) is 27.2 Å². The van der Waals surface area contributed by atoms with Crippen molar-refractivity contribution in [3.05, 3.63) is 12.1 Å². The van der Waals surface area contributed by atoms with Crippen LogP contribution in [0.3, 0.4) is 0 Å². The molecule has 1 unspecified atom stereocenters. The van der Waals surface area contributed by atoms with Gasteiger partial charge >= 0.3 is 13.7 Å². The monoisotopic (exact) mass is 224 g/mol. The molecule has 0 aromatic carbocycles. The van der Waals surface area contributed by atoms with Gasteiger partial charge in [0.15, 0.2) is 5.60 Å². The van der Waals surface area contributed by atoms with E-state index in [1.54, 1.807) is 20.8 Å². The van der Waals surface area contributed by atoms with Crippen molar-refractivity contribution in [3.63, 3.8) is 0 Å². The smallest absolute Gasteiger partial charge is 0.406 e. The molecule has 0 heterocycles. The summed E-state index contributed by atoms with van der Waals surface area (Å²) in [6, 6.07) is 0. The molecule has 0 amide bonds. The summed E-state index contributed by atoms with van der Waals surface area (Å²) in [5.74, 6) is 0. The first-order chi connectivity index (χ1) is 6.52. The fourth-order valence-electron chi connectivity index (χ4n) is 1.03. The summed E-state index contributed by atoms with van der Waals surface area (Å²) in [4.78, 5) is 0. The molecule has 2 nitrogen and oxygen atoms in total. The Morgan fingerprint density at radius 2 is 1.93 bits per heavy atom. The Balaban J connectivity index is 3.92. The Morgan fingerprint density at radius 1 is 1.47 bits per heavy atom. The summed E-state index contributed by atoms with van der Waals surface area (Å²) >= 11 is 0. The lowest BCUT2D eigenvalue weighted by Gasteiger charge is -2.19. The van der Waals surface area contributed by atoms with Crippen molar-refractivity contribution in [1.82, 2.24) is 0 Å². The van der Waals surface area contributed by atoms with Crippen molar-refractivity contribution < 1.29 is 22.9 Å². The Morgan fingerprint density at radius 3 is 2.27 bits per heavy atom. The third-order valence-electron chi connectivity index (χ3n) is 1.60. The molecule has 6 heteroatoms. The summed E-state index contributed by atoms with van der Waals surface area (Å²) < 4.78 is 40.8. The lowest BCUT2D eigenvalue weighted by molar-refractivity contribution is -0.0860. The first-order valence-corrected chi connectivity index (χ1v) is 4.52. The Bertz CT molecular complexity index is 220. The van der Waals surface area contributed by atoms with E-state index in [9.17, 15) is 13.2 Å². The molecule has 0 aromatic rings. The molecule has 0 bridgehead atoms. The molecule has 0 spiro atoms. The summed E-state index contributed by atoms with van der Waals surface area (Å²) in [6.07, 6.45) is -4.53. The third kappa shape index (κ3) is 7.44. The predicted molar refractivity (Wildman–Crippen MR) is 53.8 cm³/mol. The van der Waals surface area contributed by atoms with Crippen molar-refractivity contribution in [1.29, 1.82) is 0 Å². The van der Waals surface area contributed by atoms with E-state index in [4.69, 9.17) is 9.76 Å². The van der Waals surface area contributed by atoms with Crippen molar-refractivity contribution in [2.24, 2.45) is 0 Å². The van der Waals surface area contributed by atoms with Gasteiger partial charge in [-0.05, 0) is 6.92 Å². The minimum Gasteiger partial charge on any atom is -0.441 e. The fourth-order valence-corrected chi connectivity index (χ4v) is 1.03. The van der Waals surface area contributed by atoms with E-state index in [-0.39, 0.29) is 0 Å². The quantitative estimate of drug-likeness (QED) is 0.519. The maximum absolute atomic E-state index is 12.0. The number of alkyl halides is 3. The summed E-state index contributed by atoms with van der Waals surface area (Å²) in [7, 11) is 0.608. The van der Waals surface area contributed by atoms with Gasteiger partial charge in [0.05, 0.1) is 0 Å². The number of rotatable bonds is 5. The van der Waals surface area contributed by atoms with Crippen LogP contribution in [0, 0.1) is 0 Å². The van der Waals surface area contributed by atoms with E-state index in [1.165, 1.54) is 0 Å². The van der Waals surface area contributed by atoms with Crippen molar-refractivity contribution in [2.45, 2.75) is 45.1 Å². The van der Waals surface area contributed by atoms with Crippen molar-refractivity contribution in [3.8, 4) is 0 Å². The summed E-state index contributed by atoms with van der Waals surface area (Å²) in [6.45, 7) is 7.81. The van der Waals surface area contributed by atoms with Crippen LogP contribution in [0.15, 0.2) is 12.1 Å². The summed E-state index contributed by atoms with van der Waals surface area (Å²) in [5, 5.41) is 7.53. The van der Waals surface area contributed by atoms with Crippen molar-refractivity contribution >= 4 is 7.48 Å². The second-order valence-corrected chi connectivity index (χ2v) is 4.18. The third-order valence-corrected chi connectivity index (χ3v) is 1.60. The molecule has 0 aliphatic rings. The number of halogens is 3. The van der Waals surface area contributed by atoms with Gasteiger partial charge in [0.25, 0.3) is 0 Å². The van der Waals surface area contributed by atoms with Gasteiger partial charge in [0.2, 0.25) is 0 Å². The molecule has 0 aliphatic carbocycles. The van der Waals surface area contributed by atoms with E-state index in [0.717, 1.165) is 0 Å². The second-order valence-electron chi connectivity index (χ2n) is 4.18. The molecule has 0 saturated carbocycles. The average molecular weight is 224 g/mol. The molecular weight excluding hydrogens is 208 g/mol. The number of hydrogen-bond acceptors (Lipinski definition) is 1. The van der Waals surface area contributed by atoms with Crippen LogP contribution in [0.4, 0.5) is 13.2 Å². The highest BCUT2D eigenvalue weighted by Gasteiger charge is 2.33. The van der Waals surface area contributed by atoms with Gasteiger partial charge in [-0.15, -0.1) is 0 Å². The Kier molecular flexibility index (Phi) is 4.87. The SMILES string of the molecule is C=C([B]OC(C)CC(C)(C)[OH2+])C(F)(F)F. The molecule has 0 aliphatic heterocycles. The maximum Gasteiger partial charge on any atom is 0.406 e. The van der Waals surface area contributed by atoms with Gasteiger partial charge in [-0.1, -0.05) is 6.58 Å². The van der Waals surface area contributed by atoms with E-state index >= 15 is 0 Å². The molecule has 1 atom stereocenters. The zero-order valence-corrected chi connectivity index (χ0v) is 9.11. The molecule has 1 radical (unpaired) electrons. The van der Waals surface area contributed by atoms with Gasteiger partial charge < -0.3 is 9.76 Å². The molecule has 0 saturated heterocycles. The highest BCUT2D eigenvalue weighted by molar-refractivity contribution is 6.38. The van der Waals surface area contributed by atoms with E-state index in [2.05, 4.69) is 6.58 Å². The lowest BCUT2D eigenvalue weighted by atomic mass is 9.87. The molecule has 0 rings (SSSR count). The van der Waals surface area contributed by atoms with Crippen LogP contribution >= 0.6 is 0 Å². The van der Waals surface area contributed by atoms with Crippen LogP contribution in [-0.2, 0) is 4.65 Å². The van der Waals surface area contributed by atoms with Crippen LogP contribution in [0.5, 0.6) is 0 Å². The minimum atomic E-state index is -4.45. The lowest BCUT2D eigenvalue weighted by Crippen LogP contribution is -2.29. The van der Waals surface area contributed by atoms with Gasteiger partial charge in [0.1, 0.15) is 0 Å². The van der Waals surface area contributed by atoms with Crippen LogP contribution < -0.4 is 0 Å². The first kappa shape index (κ1) is 14.5. The normalized spacial score (nSPS) is 14.9. The molecule has 15 heavy (non-hydrogen) atoms. The van der Waals surface area contributed by atoms with E-state index < -0.39 is 23.4 Å². The molecule has 2 N–H and O–H groups in total. The topological polar surface area (TPSA) is 32.1 Å². The molecule has 0 aromatic heterocycles. The number of hydrogen-bond donors (Lipinski definition) is 0. The van der Waals surface area contributed by atoms with Crippen molar-refractivity contribution in [2.75, 3.05) is 0 Å². The Hall–Kier alpha value is -0.485. The second kappa shape index (κ2) is 5.03. The van der Waals surface area contributed by atoms with E-state index in [0.29, 0.717) is 13.9 Å². The van der Waals surface area contributed by atoms with Gasteiger partial charge in [-0.25, -0.2) is 0 Å². The van der Waals surface area contributed by atoms with Gasteiger partial charge in [0, 0.05) is 31.8 Å². The van der Waals surface area contributed by atoms with Crippen LogP contribution in [0.2, 0.25) is 0 Å².